The first kappa shape index (κ1) is 22.1. The second kappa shape index (κ2) is 10.4. The molecule has 2 atom stereocenters. The van der Waals surface area contributed by atoms with Crippen LogP contribution in [0.3, 0.4) is 0 Å². The summed E-state index contributed by atoms with van der Waals surface area (Å²) in [7, 11) is 0. The van der Waals surface area contributed by atoms with Crippen molar-refractivity contribution in [2.45, 2.75) is 51.1 Å². The maximum absolute atomic E-state index is 13.1. The lowest BCUT2D eigenvalue weighted by Crippen LogP contribution is -2.39. The second-order valence-corrected chi connectivity index (χ2v) is 9.03. The SMILES string of the molecule is O=C(C1=C[C@@H](c2ccc(Br)cc2)C[C@@H](OCc2ccc(CO)cc2)O1)N1CCCCC1. The van der Waals surface area contributed by atoms with Gasteiger partial charge < -0.3 is 19.5 Å². The molecule has 31 heavy (non-hydrogen) atoms. The van der Waals surface area contributed by atoms with E-state index in [1.54, 1.807) is 0 Å². The number of likely N-dealkylation sites (tertiary alicyclic amines) is 1. The van der Waals surface area contributed by atoms with Gasteiger partial charge in [-0.2, -0.15) is 0 Å². The summed E-state index contributed by atoms with van der Waals surface area (Å²) >= 11 is 3.49. The minimum atomic E-state index is -0.500. The van der Waals surface area contributed by atoms with E-state index < -0.39 is 6.29 Å². The quantitative estimate of drug-likeness (QED) is 0.632. The molecule has 0 bridgehead atoms. The highest BCUT2D eigenvalue weighted by molar-refractivity contribution is 9.10. The predicted molar refractivity (Wildman–Crippen MR) is 122 cm³/mol. The molecule has 1 N–H and O–H groups in total. The Labute approximate surface area is 191 Å². The zero-order valence-electron chi connectivity index (χ0n) is 17.5. The van der Waals surface area contributed by atoms with Gasteiger partial charge in [0.05, 0.1) is 13.2 Å². The zero-order valence-corrected chi connectivity index (χ0v) is 19.1. The van der Waals surface area contributed by atoms with Crippen molar-refractivity contribution < 1.29 is 19.4 Å². The Bertz CT molecular complexity index is 904. The van der Waals surface area contributed by atoms with Gasteiger partial charge >= 0.3 is 0 Å². The number of nitrogens with zero attached hydrogens (tertiary/aromatic N) is 1. The fourth-order valence-corrected chi connectivity index (χ4v) is 4.30. The van der Waals surface area contributed by atoms with Crippen LogP contribution in [0.15, 0.2) is 64.8 Å². The lowest BCUT2D eigenvalue weighted by atomic mass is 9.93. The van der Waals surface area contributed by atoms with Crippen molar-refractivity contribution in [1.82, 2.24) is 4.90 Å². The van der Waals surface area contributed by atoms with E-state index in [1.807, 2.05) is 47.4 Å². The van der Waals surface area contributed by atoms with Gasteiger partial charge in [-0.15, -0.1) is 0 Å². The summed E-state index contributed by atoms with van der Waals surface area (Å²) in [4.78, 5) is 15.0. The maximum Gasteiger partial charge on any atom is 0.288 e. The number of amides is 1. The van der Waals surface area contributed by atoms with E-state index in [1.165, 1.54) is 6.42 Å². The molecule has 0 radical (unpaired) electrons. The molecule has 0 aromatic heterocycles. The molecule has 2 aliphatic heterocycles. The van der Waals surface area contributed by atoms with E-state index in [0.29, 0.717) is 18.8 Å². The molecular formula is C25H28BrNO4. The number of hydrogen-bond acceptors (Lipinski definition) is 4. The van der Waals surface area contributed by atoms with Crippen molar-refractivity contribution in [3.63, 3.8) is 0 Å². The highest BCUT2D eigenvalue weighted by Gasteiger charge is 2.31. The monoisotopic (exact) mass is 485 g/mol. The van der Waals surface area contributed by atoms with Crippen molar-refractivity contribution >= 4 is 21.8 Å². The van der Waals surface area contributed by atoms with Gasteiger partial charge in [-0.25, -0.2) is 0 Å². The highest BCUT2D eigenvalue weighted by Crippen LogP contribution is 2.33. The topological polar surface area (TPSA) is 59.0 Å². The fourth-order valence-electron chi connectivity index (χ4n) is 4.04. The molecule has 6 heteroatoms. The second-order valence-electron chi connectivity index (χ2n) is 8.11. The smallest absolute Gasteiger partial charge is 0.288 e. The maximum atomic E-state index is 13.1. The highest BCUT2D eigenvalue weighted by atomic mass is 79.9. The number of hydrogen-bond donors (Lipinski definition) is 1. The Morgan fingerprint density at radius 1 is 1.03 bits per heavy atom. The number of ether oxygens (including phenoxy) is 2. The summed E-state index contributed by atoms with van der Waals surface area (Å²) in [5, 5.41) is 9.21. The van der Waals surface area contributed by atoms with E-state index >= 15 is 0 Å². The first-order valence-corrected chi connectivity index (χ1v) is 11.6. The number of carbonyl (C=O) groups excluding carboxylic acids is 1. The summed E-state index contributed by atoms with van der Waals surface area (Å²) in [6, 6.07) is 15.8. The molecule has 0 spiro atoms. The van der Waals surface area contributed by atoms with Crippen molar-refractivity contribution in [3.8, 4) is 0 Å². The van der Waals surface area contributed by atoms with Crippen molar-refractivity contribution in [3.05, 3.63) is 81.5 Å². The van der Waals surface area contributed by atoms with Gasteiger partial charge in [0, 0.05) is 29.9 Å². The molecule has 4 rings (SSSR count). The van der Waals surface area contributed by atoms with Crippen LogP contribution in [0.25, 0.3) is 0 Å². The predicted octanol–water partition coefficient (Wildman–Crippen LogP) is 4.88. The van der Waals surface area contributed by atoms with Gasteiger partial charge in [-0.05, 0) is 54.2 Å². The zero-order chi connectivity index (χ0) is 21.6. The van der Waals surface area contributed by atoms with Crippen LogP contribution in [0.2, 0.25) is 0 Å². The van der Waals surface area contributed by atoms with Crippen molar-refractivity contribution in [2.24, 2.45) is 0 Å². The van der Waals surface area contributed by atoms with Gasteiger partial charge in [-0.3, -0.25) is 4.79 Å². The van der Waals surface area contributed by atoms with E-state index in [-0.39, 0.29) is 18.4 Å². The number of allylic oxidation sites excluding steroid dienone is 1. The summed E-state index contributed by atoms with van der Waals surface area (Å²) in [6.45, 7) is 1.97. The molecule has 1 fully saturated rings. The molecule has 2 aliphatic rings. The van der Waals surface area contributed by atoms with E-state index in [9.17, 15) is 9.90 Å². The van der Waals surface area contributed by atoms with Crippen LogP contribution < -0.4 is 0 Å². The normalized spacial score (nSPS) is 21.4. The number of benzene rings is 2. The Balaban J connectivity index is 1.49. The van der Waals surface area contributed by atoms with Gasteiger partial charge in [-0.1, -0.05) is 52.3 Å². The summed E-state index contributed by atoms with van der Waals surface area (Å²) < 4.78 is 13.1. The number of rotatable bonds is 6. The third kappa shape index (κ3) is 5.76. The summed E-state index contributed by atoms with van der Waals surface area (Å²) in [5.74, 6) is 0.400. The van der Waals surface area contributed by atoms with E-state index in [0.717, 1.165) is 47.1 Å². The Kier molecular flexibility index (Phi) is 7.43. The van der Waals surface area contributed by atoms with Crippen LogP contribution in [0.5, 0.6) is 0 Å². The third-order valence-corrected chi connectivity index (χ3v) is 6.38. The third-order valence-electron chi connectivity index (χ3n) is 5.85. The lowest BCUT2D eigenvalue weighted by molar-refractivity contribution is -0.156. The van der Waals surface area contributed by atoms with E-state index in [2.05, 4.69) is 28.1 Å². The minimum absolute atomic E-state index is 0.0223. The number of piperidine rings is 1. The Morgan fingerprint density at radius 2 is 1.71 bits per heavy atom. The van der Waals surface area contributed by atoms with Crippen LogP contribution in [0, 0.1) is 0 Å². The van der Waals surface area contributed by atoms with Gasteiger partial charge in [0.2, 0.25) is 6.29 Å². The van der Waals surface area contributed by atoms with Gasteiger partial charge in [0.15, 0.2) is 5.76 Å². The minimum Gasteiger partial charge on any atom is -0.459 e. The fraction of sp³-hybridized carbons (Fsp3) is 0.400. The number of aliphatic hydroxyl groups is 1. The first-order valence-electron chi connectivity index (χ1n) is 10.9. The molecule has 2 aromatic carbocycles. The average Bonchev–Trinajstić information content (AvgIpc) is 2.83. The van der Waals surface area contributed by atoms with Crippen LogP contribution in [-0.2, 0) is 27.5 Å². The largest absolute Gasteiger partial charge is 0.459 e. The van der Waals surface area contributed by atoms with Gasteiger partial charge in [0.25, 0.3) is 5.91 Å². The summed E-state index contributed by atoms with van der Waals surface area (Å²) in [6.07, 6.45) is 5.35. The molecule has 0 saturated carbocycles. The Hall–Kier alpha value is -2.15. The average molecular weight is 486 g/mol. The van der Waals surface area contributed by atoms with Crippen LogP contribution >= 0.6 is 15.9 Å². The molecular weight excluding hydrogens is 458 g/mol. The van der Waals surface area contributed by atoms with Crippen molar-refractivity contribution in [1.29, 1.82) is 0 Å². The van der Waals surface area contributed by atoms with E-state index in [4.69, 9.17) is 9.47 Å². The molecule has 0 unspecified atom stereocenters. The van der Waals surface area contributed by atoms with Gasteiger partial charge in [0.1, 0.15) is 0 Å². The first-order chi connectivity index (χ1) is 15.1. The Morgan fingerprint density at radius 3 is 2.39 bits per heavy atom. The lowest BCUT2D eigenvalue weighted by Gasteiger charge is -2.33. The van der Waals surface area contributed by atoms with Crippen LogP contribution in [0.1, 0.15) is 48.3 Å². The molecule has 1 amide bonds. The summed E-state index contributed by atoms with van der Waals surface area (Å²) in [5.41, 5.74) is 3.00. The molecule has 0 aliphatic carbocycles. The molecule has 5 nitrogen and oxygen atoms in total. The van der Waals surface area contributed by atoms with Crippen LogP contribution in [0.4, 0.5) is 0 Å². The number of aliphatic hydroxyl groups excluding tert-OH is 1. The number of halogens is 1. The van der Waals surface area contributed by atoms with Crippen molar-refractivity contribution in [2.75, 3.05) is 13.1 Å². The molecule has 2 aromatic rings. The molecule has 2 heterocycles. The van der Waals surface area contributed by atoms with Crippen LogP contribution in [-0.4, -0.2) is 35.3 Å². The number of carbonyl (C=O) groups is 1. The molecule has 164 valence electrons. The standard InChI is InChI=1S/C25H28BrNO4/c26-22-10-8-20(9-11-22)21-14-23(25(29)27-12-2-1-3-13-27)31-24(15-21)30-17-19-6-4-18(16-28)5-7-19/h4-11,14,21,24,28H,1-3,12-13,15-17H2/t21-,24+/m1/s1. The molecule has 1 saturated heterocycles.